The van der Waals surface area contributed by atoms with Crippen molar-refractivity contribution in [3.63, 3.8) is 0 Å². The van der Waals surface area contributed by atoms with E-state index in [1.807, 2.05) is 0 Å². The normalized spacial score (nSPS) is 11.4. The van der Waals surface area contributed by atoms with Crippen LogP contribution in [0.3, 0.4) is 0 Å². The van der Waals surface area contributed by atoms with Gasteiger partial charge >= 0.3 is 0 Å². The minimum Gasteiger partial charge on any atom is -0.489 e. The third-order valence-electron chi connectivity index (χ3n) is 1.53. The fourth-order valence-corrected chi connectivity index (χ4v) is 1.13. The Morgan fingerprint density at radius 3 is 2.64 bits per heavy atom. The average molecular weight is 218 g/mol. The molecule has 0 aliphatic heterocycles. The quantitative estimate of drug-likeness (QED) is 0.790. The maximum Gasteiger partial charge on any atom is 0.139 e. The summed E-state index contributed by atoms with van der Waals surface area (Å²) >= 11 is 5.83. The van der Waals surface area contributed by atoms with Gasteiger partial charge in [-0.1, -0.05) is 11.6 Å². The first-order chi connectivity index (χ1) is 6.38. The summed E-state index contributed by atoms with van der Waals surface area (Å²) in [6, 6.07) is 4.86. The maximum atomic E-state index is 13.1. The van der Waals surface area contributed by atoms with Gasteiger partial charge in [0, 0.05) is 5.69 Å². The third kappa shape index (κ3) is 3.42. The van der Waals surface area contributed by atoms with Crippen LogP contribution in [0.5, 0.6) is 5.75 Å². The Morgan fingerprint density at radius 2 is 2.14 bits per heavy atom. The number of alkyl halides is 1. The molecule has 0 saturated heterocycles. The molecule has 0 fully saturated rings. The van der Waals surface area contributed by atoms with Crippen molar-refractivity contribution in [2.24, 2.45) is 0 Å². The van der Waals surface area contributed by atoms with E-state index < -0.39 is 5.67 Å². The summed E-state index contributed by atoms with van der Waals surface area (Å²) in [6.45, 7) is 2.85. The molecule has 78 valence electrons. The number of ether oxygens (including phenoxy) is 1. The number of halogens is 2. The van der Waals surface area contributed by atoms with Crippen LogP contribution in [0, 0.1) is 0 Å². The van der Waals surface area contributed by atoms with E-state index in [2.05, 4.69) is 0 Å². The fourth-order valence-electron chi connectivity index (χ4n) is 0.884. The average Bonchev–Trinajstić information content (AvgIpc) is 2.00. The van der Waals surface area contributed by atoms with Gasteiger partial charge in [-0.3, -0.25) is 0 Å². The van der Waals surface area contributed by atoms with Crippen molar-refractivity contribution in [2.45, 2.75) is 19.5 Å². The van der Waals surface area contributed by atoms with E-state index >= 15 is 0 Å². The Labute approximate surface area is 87.8 Å². The minimum atomic E-state index is -1.37. The molecule has 0 aromatic heterocycles. The van der Waals surface area contributed by atoms with Crippen LogP contribution in [0.15, 0.2) is 18.2 Å². The predicted molar refractivity (Wildman–Crippen MR) is 56.5 cm³/mol. The Kier molecular flexibility index (Phi) is 3.21. The van der Waals surface area contributed by atoms with Crippen LogP contribution < -0.4 is 10.5 Å². The molecule has 2 nitrogen and oxygen atoms in total. The highest BCUT2D eigenvalue weighted by atomic mass is 35.5. The van der Waals surface area contributed by atoms with Crippen molar-refractivity contribution in [2.75, 3.05) is 12.3 Å². The number of benzene rings is 1. The first kappa shape index (κ1) is 11.1. The largest absolute Gasteiger partial charge is 0.489 e. The van der Waals surface area contributed by atoms with Crippen molar-refractivity contribution in [1.82, 2.24) is 0 Å². The zero-order chi connectivity index (χ0) is 10.8. The van der Waals surface area contributed by atoms with Gasteiger partial charge in [0.05, 0.1) is 5.02 Å². The van der Waals surface area contributed by atoms with Gasteiger partial charge in [-0.2, -0.15) is 0 Å². The van der Waals surface area contributed by atoms with Crippen LogP contribution in [0.4, 0.5) is 10.1 Å². The molecule has 0 aliphatic carbocycles. The van der Waals surface area contributed by atoms with Crippen molar-refractivity contribution in [1.29, 1.82) is 0 Å². The smallest absolute Gasteiger partial charge is 0.139 e. The molecule has 2 N–H and O–H groups in total. The molecule has 0 radical (unpaired) electrons. The molecular weight excluding hydrogens is 205 g/mol. The molecule has 0 spiro atoms. The highest BCUT2D eigenvalue weighted by molar-refractivity contribution is 6.32. The summed E-state index contributed by atoms with van der Waals surface area (Å²) in [6.07, 6.45) is 0. The Morgan fingerprint density at radius 1 is 1.50 bits per heavy atom. The molecule has 0 atom stereocenters. The summed E-state index contributed by atoms with van der Waals surface area (Å²) in [4.78, 5) is 0. The SMILES string of the molecule is CC(C)(F)COc1ccc(N)cc1Cl. The number of rotatable bonds is 3. The van der Waals surface area contributed by atoms with Gasteiger partial charge in [-0.25, -0.2) is 4.39 Å². The van der Waals surface area contributed by atoms with Gasteiger partial charge in [0.2, 0.25) is 0 Å². The van der Waals surface area contributed by atoms with Crippen molar-refractivity contribution >= 4 is 17.3 Å². The van der Waals surface area contributed by atoms with Crippen molar-refractivity contribution in [3.05, 3.63) is 23.2 Å². The second kappa shape index (κ2) is 4.05. The minimum absolute atomic E-state index is 0.0311. The predicted octanol–water partition coefficient (Wildman–Crippen LogP) is 3.05. The zero-order valence-electron chi connectivity index (χ0n) is 8.18. The third-order valence-corrected chi connectivity index (χ3v) is 1.82. The first-order valence-corrected chi connectivity index (χ1v) is 4.63. The Hall–Kier alpha value is -0.960. The standard InChI is InChI=1S/C10H13ClFNO/c1-10(2,12)6-14-9-4-3-7(13)5-8(9)11/h3-5H,6,13H2,1-2H3. The zero-order valence-corrected chi connectivity index (χ0v) is 8.94. The van der Waals surface area contributed by atoms with Crippen LogP contribution in [-0.2, 0) is 0 Å². The monoisotopic (exact) mass is 217 g/mol. The van der Waals surface area contributed by atoms with E-state index in [1.54, 1.807) is 18.2 Å². The molecule has 1 aromatic rings. The summed E-state index contributed by atoms with van der Waals surface area (Å²) in [5, 5.41) is 0.397. The van der Waals surface area contributed by atoms with Crippen molar-refractivity contribution in [3.8, 4) is 5.75 Å². The van der Waals surface area contributed by atoms with Crippen LogP contribution >= 0.6 is 11.6 Å². The van der Waals surface area contributed by atoms with E-state index in [-0.39, 0.29) is 6.61 Å². The molecule has 0 heterocycles. The lowest BCUT2D eigenvalue weighted by Gasteiger charge is -2.15. The molecule has 0 saturated carbocycles. The second-order valence-corrected chi connectivity index (χ2v) is 4.10. The number of nitrogens with two attached hydrogens (primary N) is 1. The molecule has 0 aliphatic rings. The Balaban J connectivity index is 2.68. The second-order valence-electron chi connectivity index (χ2n) is 3.70. The van der Waals surface area contributed by atoms with Gasteiger partial charge in [0.1, 0.15) is 18.0 Å². The lowest BCUT2D eigenvalue weighted by atomic mass is 10.2. The Bertz CT molecular complexity index is 322. The molecule has 4 heteroatoms. The molecule has 1 rings (SSSR count). The highest BCUT2D eigenvalue weighted by Gasteiger charge is 2.17. The summed E-state index contributed by atoms with van der Waals surface area (Å²) in [5.41, 5.74) is 4.68. The van der Waals surface area contributed by atoms with Gasteiger partial charge in [0.15, 0.2) is 0 Å². The molecule has 0 unspecified atom stereocenters. The van der Waals surface area contributed by atoms with E-state index in [0.29, 0.717) is 16.5 Å². The number of nitrogen functional groups attached to an aromatic ring is 1. The van der Waals surface area contributed by atoms with Gasteiger partial charge in [0.25, 0.3) is 0 Å². The van der Waals surface area contributed by atoms with Crippen LogP contribution in [0.2, 0.25) is 5.02 Å². The van der Waals surface area contributed by atoms with Crippen LogP contribution in [-0.4, -0.2) is 12.3 Å². The fraction of sp³-hybridized carbons (Fsp3) is 0.400. The number of hydrogen-bond acceptors (Lipinski definition) is 2. The molecule has 0 bridgehead atoms. The highest BCUT2D eigenvalue weighted by Crippen LogP contribution is 2.27. The molecule has 1 aromatic carbocycles. The first-order valence-electron chi connectivity index (χ1n) is 4.25. The maximum absolute atomic E-state index is 13.1. The van der Waals surface area contributed by atoms with Gasteiger partial charge in [-0.15, -0.1) is 0 Å². The summed E-state index contributed by atoms with van der Waals surface area (Å²) in [5.74, 6) is 0.451. The van der Waals surface area contributed by atoms with E-state index in [1.165, 1.54) is 13.8 Å². The van der Waals surface area contributed by atoms with E-state index in [0.717, 1.165) is 0 Å². The van der Waals surface area contributed by atoms with Crippen LogP contribution in [0.1, 0.15) is 13.8 Å². The molecule has 0 amide bonds. The number of hydrogen-bond donors (Lipinski definition) is 1. The molecular formula is C10H13ClFNO. The number of anilines is 1. The lowest BCUT2D eigenvalue weighted by molar-refractivity contribution is 0.121. The summed E-state index contributed by atoms with van der Waals surface area (Å²) < 4.78 is 18.3. The van der Waals surface area contributed by atoms with E-state index in [9.17, 15) is 4.39 Å². The van der Waals surface area contributed by atoms with Crippen molar-refractivity contribution < 1.29 is 9.13 Å². The van der Waals surface area contributed by atoms with Crippen LogP contribution in [0.25, 0.3) is 0 Å². The summed E-state index contributed by atoms with van der Waals surface area (Å²) in [7, 11) is 0. The van der Waals surface area contributed by atoms with Gasteiger partial charge < -0.3 is 10.5 Å². The molecule has 14 heavy (non-hydrogen) atoms. The van der Waals surface area contributed by atoms with E-state index in [4.69, 9.17) is 22.1 Å². The lowest BCUT2D eigenvalue weighted by Crippen LogP contribution is -2.22. The van der Waals surface area contributed by atoms with Gasteiger partial charge in [-0.05, 0) is 32.0 Å². The topological polar surface area (TPSA) is 35.2 Å².